The van der Waals surface area contributed by atoms with Gasteiger partial charge in [-0.05, 0) is 32.6 Å². The van der Waals surface area contributed by atoms with Gasteiger partial charge >= 0.3 is 6.18 Å². The lowest BCUT2D eigenvalue weighted by atomic mass is 9.88. The zero-order valence-electron chi connectivity index (χ0n) is 23.9. The first-order chi connectivity index (χ1) is 19.6. The first kappa shape index (κ1) is 29.3. The van der Waals surface area contributed by atoms with Crippen molar-refractivity contribution in [3.8, 4) is 0 Å². The van der Waals surface area contributed by atoms with Crippen molar-refractivity contribution in [3.05, 3.63) is 132 Å². The molecule has 0 spiro atoms. The molecule has 0 aliphatic carbocycles. The van der Waals surface area contributed by atoms with E-state index in [1.165, 1.54) is 28.1 Å². The van der Waals surface area contributed by atoms with E-state index in [4.69, 9.17) is 4.43 Å². The lowest BCUT2D eigenvalue weighted by molar-refractivity contribution is -0.137. The maximum absolute atomic E-state index is 13.7. The SMILES string of the molecule is CC(C)(C)[Si](OCC1CN(Cc2ccccc2)CC1c1cccc(C(F)(F)F)c1)(c1ccccc1)c1ccccc1. The first-order valence-corrected chi connectivity index (χ1v) is 16.2. The molecule has 41 heavy (non-hydrogen) atoms. The minimum Gasteiger partial charge on any atom is -0.407 e. The van der Waals surface area contributed by atoms with Gasteiger partial charge < -0.3 is 4.43 Å². The van der Waals surface area contributed by atoms with Crippen molar-refractivity contribution in [3.63, 3.8) is 0 Å². The summed E-state index contributed by atoms with van der Waals surface area (Å²) in [5.41, 5.74) is 1.33. The Kier molecular flexibility index (Phi) is 8.55. The summed E-state index contributed by atoms with van der Waals surface area (Å²) in [5, 5.41) is 2.23. The van der Waals surface area contributed by atoms with Gasteiger partial charge in [-0.3, -0.25) is 4.90 Å². The highest BCUT2D eigenvalue weighted by atomic mass is 28.4. The fraction of sp³-hybridized carbons (Fsp3) is 0.314. The van der Waals surface area contributed by atoms with E-state index in [9.17, 15) is 13.2 Å². The van der Waals surface area contributed by atoms with Crippen LogP contribution in [0.25, 0.3) is 0 Å². The molecule has 4 aromatic rings. The topological polar surface area (TPSA) is 12.5 Å². The first-order valence-electron chi connectivity index (χ1n) is 14.3. The third kappa shape index (κ3) is 6.35. The second-order valence-electron chi connectivity index (χ2n) is 12.1. The van der Waals surface area contributed by atoms with Gasteiger partial charge in [-0.25, -0.2) is 0 Å². The van der Waals surface area contributed by atoms with E-state index < -0.39 is 20.1 Å². The number of rotatable bonds is 8. The Hall–Kier alpha value is -3.19. The van der Waals surface area contributed by atoms with Crippen LogP contribution in [-0.2, 0) is 17.1 Å². The number of benzene rings is 4. The molecule has 214 valence electrons. The van der Waals surface area contributed by atoms with Gasteiger partial charge in [-0.15, -0.1) is 0 Å². The van der Waals surface area contributed by atoms with Crippen LogP contribution in [0.15, 0.2) is 115 Å². The molecule has 0 amide bonds. The van der Waals surface area contributed by atoms with Gasteiger partial charge in [-0.1, -0.05) is 130 Å². The number of hydrogen-bond acceptors (Lipinski definition) is 2. The second-order valence-corrected chi connectivity index (χ2v) is 16.4. The third-order valence-corrected chi connectivity index (χ3v) is 13.3. The van der Waals surface area contributed by atoms with E-state index in [-0.39, 0.29) is 16.9 Å². The van der Waals surface area contributed by atoms with Crippen molar-refractivity contribution in [2.24, 2.45) is 5.92 Å². The molecule has 6 heteroatoms. The molecule has 0 aromatic heterocycles. The highest BCUT2D eigenvalue weighted by molar-refractivity contribution is 6.99. The number of nitrogens with zero attached hydrogens (tertiary/aromatic N) is 1. The average Bonchev–Trinajstić information content (AvgIpc) is 3.36. The highest BCUT2D eigenvalue weighted by Crippen LogP contribution is 2.40. The Morgan fingerprint density at radius 3 is 1.83 bits per heavy atom. The molecule has 2 nitrogen and oxygen atoms in total. The molecule has 1 aliphatic rings. The molecule has 1 saturated heterocycles. The monoisotopic (exact) mass is 573 g/mol. The van der Waals surface area contributed by atoms with E-state index in [0.29, 0.717) is 13.2 Å². The summed E-state index contributed by atoms with van der Waals surface area (Å²) in [6.07, 6.45) is -4.38. The van der Waals surface area contributed by atoms with Crippen LogP contribution in [-0.4, -0.2) is 32.9 Å². The quantitative estimate of drug-likeness (QED) is 0.203. The molecule has 5 rings (SSSR count). The van der Waals surface area contributed by atoms with Crippen molar-refractivity contribution in [1.29, 1.82) is 0 Å². The molecule has 1 heterocycles. The summed E-state index contributed by atoms with van der Waals surface area (Å²) in [6.45, 7) is 9.42. The molecule has 0 saturated carbocycles. The summed E-state index contributed by atoms with van der Waals surface area (Å²) in [5.74, 6) is -0.0249. The van der Waals surface area contributed by atoms with Crippen LogP contribution in [0.5, 0.6) is 0 Å². The maximum Gasteiger partial charge on any atom is 0.416 e. The normalized spacial score (nSPS) is 18.5. The lowest BCUT2D eigenvalue weighted by Gasteiger charge is -2.44. The molecular formula is C35H38F3NOSi. The highest BCUT2D eigenvalue weighted by Gasteiger charge is 2.51. The van der Waals surface area contributed by atoms with Crippen LogP contribution in [0, 0.1) is 5.92 Å². The molecular weight excluding hydrogens is 535 g/mol. The molecule has 1 aliphatic heterocycles. The summed E-state index contributed by atoms with van der Waals surface area (Å²) in [7, 11) is -2.78. The van der Waals surface area contributed by atoms with Crippen LogP contribution in [0.3, 0.4) is 0 Å². The predicted molar refractivity (Wildman–Crippen MR) is 163 cm³/mol. The van der Waals surface area contributed by atoms with Gasteiger partial charge in [0, 0.05) is 38.1 Å². The largest absolute Gasteiger partial charge is 0.416 e. The van der Waals surface area contributed by atoms with Crippen LogP contribution in [0.1, 0.15) is 43.4 Å². The standard InChI is InChI=1S/C35H38F3NOSi/c1-34(2,3)41(31-18-9-5-10-19-31,32-20-11-6-12-21-32)40-26-29-24-39(23-27-14-7-4-8-15-27)25-33(29)28-16-13-17-30(22-28)35(36,37)38/h4-22,29,33H,23-26H2,1-3H3. The lowest BCUT2D eigenvalue weighted by Crippen LogP contribution is -2.67. The maximum atomic E-state index is 13.7. The van der Waals surface area contributed by atoms with Gasteiger partial charge in [0.15, 0.2) is 0 Å². The van der Waals surface area contributed by atoms with Crippen molar-refractivity contribution in [2.45, 2.75) is 44.4 Å². The summed E-state index contributed by atoms with van der Waals surface area (Å²) < 4.78 is 48.4. The van der Waals surface area contributed by atoms with E-state index >= 15 is 0 Å². The summed E-state index contributed by atoms with van der Waals surface area (Å²) >= 11 is 0. The number of alkyl halides is 3. The van der Waals surface area contributed by atoms with E-state index in [0.717, 1.165) is 24.7 Å². The van der Waals surface area contributed by atoms with Gasteiger partial charge in [0.25, 0.3) is 8.32 Å². The van der Waals surface area contributed by atoms with Gasteiger partial charge in [0.2, 0.25) is 0 Å². The van der Waals surface area contributed by atoms with Crippen molar-refractivity contribution in [2.75, 3.05) is 19.7 Å². The number of hydrogen-bond donors (Lipinski definition) is 0. The Labute approximate surface area is 242 Å². The fourth-order valence-electron chi connectivity index (χ4n) is 6.42. The van der Waals surface area contributed by atoms with E-state index in [1.54, 1.807) is 0 Å². The molecule has 1 fully saturated rings. The second kappa shape index (κ2) is 12.0. The van der Waals surface area contributed by atoms with Crippen molar-refractivity contribution < 1.29 is 17.6 Å². The van der Waals surface area contributed by atoms with Crippen LogP contribution in [0.4, 0.5) is 13.2 Å². The Balaban J connectivity index is 1.51. The van der Waals surface area contributed by atoms with Gasteiger partial charge in [-0.2, -0.15) is 13.2 Å². The summed E-state index contributed by atoms with van der Waals surface area (Å²) in [6, 6.07) is 37.2. The molecule has 4 aromatic carbocycles. The van der Waals surface area contributed by atoms with Gasteiger partial charge in [0.05, 0.1) is 5.56 Å². The minimum atomic E-state index is -4.38. The number of likely N-dealkylation sites (tertiary alicyclic amines) is 1. The summed E-state index contributed by atoms with van der Waals surface area (Å²) in [4.78, 5) is 2.36. The Morgan fingerprint density at radius 1 is 0.732 bits per heavy atom. The Morgan fingerprint density at radius 2 is 1.29 bits per heavy atom. The van der Waals surface area contributed by atoms with Gasteiger partial charge in [0.1, 0.15) is 0 Å². The van der Waals surface area contributed by atoms with Crippen molar-refractivity contribution in [1.82, 2.24) is 4.90 Å². The van der Waals surface area contributed by atoms with E-state index in [2.05, 4.69) is 86.3 Å². The smallest absolute Gasteiger partial charge is 0.407 e. The van der Waals surface area contributed by atoms with Crippen LogP contribution < -0.4 is 10.4 Å². The number of halogens is 3. The molecule has 0 bridgehead atoms. The fourth-order valence-corrected chi connectivity index (χ4v) is 11.0. The van der Waals surface area contributed by atoms with Crippen LogP contribution >= 0.6 is 0 Å². The zero-order valence-corrected chi connectivity index (χ0v) is 24.9. The minimum absolute atomic E-state index is 0.0452. The Bertz CT molecular complexity index is 1360. The zero-order chi connectivity index (χ0) is 29.1. The van der Waals surface area contributed by atoms with Crippen molar-refractivity contribution >= 4 is 18.7 Å². The molecule has 2 unspecified atom stereocenters. The predicted octanol–water partition coefficient (Wildman–Crippen LogP) is 7.50. The molecule has 0 radical (unpaired) electrons. The third-order valence-electron chi connectivity index (χ3n) is 8.34. The molecule has 0 N–H and O–H groups in total. The van der Waals surface area contributed by atoms with E-state index in [1.807, 2.05) is 36.4 Å². The molecule has 2 atom stereocenters. The average molecular weight is 574 g/mol. The van der Waals surface area contributed by atoms with Crippen LogP contribution in [0.2, 0.25) is 5.04 Å².